The Hall–Kier alpha value is -0.650. The number of Topliss-reactive ketones (excluding diaryl/α,β-unsaturated/α-hetero) is 2. The second kappa shape index (κ2) is 9.20. The molecule has 10 atom stereocenters. The summed E-state index contributed by atoms with van der Waals surface area (Å²) in [4.78, 5) is 36.9. The summed E-state index contributed by atoms with van der Waals surface area (Å²) >= 11 is 0. The third-order valence-electron chi connectivity index (χ3n) is 12.3. The van der Waals surface area contributed by atoms with E-state index in [-0.39, 0.29) is 62.2 Å². The van der Waals surface area contributed by atoms with Crippen LogP contribution in [0, 0.1) is 68.0 Å². The van der Waals surface area contributed by atoms with Gasteiger partial charge >= 0.3 is 0 Å². The lowest BCUT2D eigenvalue weighted by molar-refractivity contribution is -0.193. The molecule has 0 radical (unpaired) electrons. The van der Waals surface area contributed by atoms with Gasteiger partial charge in [0.15, 0.2) is 5.78 Å². The van der Waals surface area contributed by atoms with E-state index in [1.807, 2.05) is 19.9 Å². The first-order valence-corrected chi connectivity index (χ1v) is 17.1. The van der Waals surface area contributed by atoms with Gasteiger partial charge in [-0.25, -0.2) is 0 Å². The van der Waals surface area contributed by atoms with Crippen LogP contribution in [-0.4, -0.2) is 23.1 Å². The first kappa shape index (κ1) is 27.9. The van der Waals surface area contributed by atoms with Crippen LogP contribution in [0.3, 0.4) is 0 Å². The van der Waals surface area contributed by atoms with E-state index in [0.717, 1.165) is 44.9 Å². The van der Waals surface area contributed by atoms with Gasteiger partial charge in [0.05, 0.1) is 29.2 Å². The summed E-state index contributed by atoms with van der Waals surface area (Å²) in [5.74, 6) is 1.41. The summed E-state index contributed by atoms with van der Waals surface area (Å²) < 4.78 is 6.05. The van der Waals surface area contributed by atoms with Gasteiger partial charge in [0.25, 0.3) is 0 Å². The molecule has 0 aromatic rings. The maximum Gasteiger partial charge on any atom is 0.178 e. The minimum absolute atomic E-state index is 0.0141. The Morgan fingerprint density at radius 3 is 2.43 bits per heavy atom. The number of ketones is 2. The standard InChI is InChI=1S/C30H45NO4P2/c1-26(2)11-12-30(17-35-37-36-34)10-7-19-24(20(30)15-26)21(32)13-23-28(19,5)9-8-22-27(3,4)25(33)18(16-31)14-29(22,23)6/h14,19-20,22-24,34,36-37H,7-13,15,17H2,1-6H3. The SMILES string of the molecule is CC1(C)CCC2(COPPO)CCC3C(C(=O)CC4C5(C)C=C(C#N)C(=O)C(C)(C)C5CCC34C)C2C1. The number of carbonyl (C=O) groups is 2. The molecule has 0 spiro atoms. The summed E-state index contributed by atoms with van der Waals surface area (Å²) in [6.45, 7) is 14.1. The lowest BCUT2D eigenvalue weighted by atomic mass is 9.35. The maximum absolute atomic E-state index is 14.3. The molecule has 37 heavy (non-hydrogen) atoms. The number of hydrogen-bond donors (Lipinski definition) is 1. The molecule has 204 valence electrons. The molecule has 5 aliphatic rings. The first-order valence-electron chi connectivity index (χ1n) is 14.2. The van der Waals surface area contributed by atoms with E-state index in [0.29, 0.717) is 36.2 Å². The summed E-state index contributed by atoms with van der Waals surface area (Å²) in [6.07, 6.45) is 10.0. The van der Waals surface area contributed by atoms with Gasteiger partial charge < -0.3 is 9.42 Å². The van der Waals surface area contributed by atoms with Crippen molar-refractivity contribution in [2.45, 2.75) is 92.9 Å². The minimum Gasteiger partial charge on any atom is -0.370 e. The summed E-state index contributed by atoms with van der Waals surface area (Å²) in [7, 11) is -0.0331. The number of nitriles is 1. The number of nitrogens with zero attached hydrogens (tertiary/aromatic N) is 1. The molecule has 5 aliphatic carbocycles. The van der Waals surface area contributed by atoms with Crippen molar-refractivity contribution in [1.82, 2.24) is 0 Å². The van der Waals surface area contributed by atoms with Crippen molar-refractivity contribution in [2.75, 3.05) is 6.61 Å². The molecule has 7 heteroatoms. The fraction of sp³-hybridized carbons (Fsp3) is 0.833. The molecule has 0 amide bonds. The van der Waals surface area contributed by atoms with Crippen LogP contribution in [0.4, 0.5) is 0 Å². The lowest BCUT2D eigenvalue weighted by Crippen LogP contribution is -2.65. The van der Waals surface area contributed by atoms with Gasteiger partial charge in [0.2, 0.25) is 0 Å². The van der Waals surface area contributed by atoms with Crippen LogP contribution in [0.5, 0.6) is 0 Å². The highest BCUT2D eigenvalue weighted by molar-refractivity contribution is 8.06. The minimum atomic E-state index is -0.587. The number of rotatable bonds is 4. The molecule has 1 N–H and O–H groups in total. The number of hydrogen-bond acceptors (Lipinski definition) is 5. The van der Waals surface area contributed by atoms with E-state index in [4.69, 9.17) is 4.52 Å². The molecule has 0 heterocycles. The van der Waals surface area contributed by atoms with E-state index in [1.54, 1.807) is 0 Å². The Bertz CT molecular complexity index is 1060. The average molecular weight is 546 g/mol. The van der Waals surface area contributed by atoms with Gasteiger partial charge in [0, 0.05) is 17.8 Å². The Balaban J connectivity index is 1.55. The molecule has 4 saturated carbocycles. The summed E-state index contributed by atoms with van der Waals surface area (Å²) in [5.41, 5.74) is -0.353. The Morgan fingerprint density at radius 2 is 1.76 bits per heavy atom. The van der Waals surface area contributed by atoms with E-state index >= 15 is 0 Å². The van der Waals surface area contributed by atoms with Crippen LogP contribution in [0.1, 0.15) is 92.9 Å². The van der Waals surface area contributed by atoms with E-state index in [9.17, 15) is 19.7 Å². The highest BCUT2D eigenvalue weighted by atomic mass is 32.0. The Morgan fingerprint density at radius 1 is 1.03 bits per heavy atom. The van der Waals surface area contributed by atoms with Crippen molar-refractivity contribution in [3.8, 4) is 6.07 Å². The lowest BCUT2D eigenvalue weighted by Gasteiger charge is -2.68. The van der Waals surface area contributed by atoms with E-state index in [2.05, 4.69) is 33.8 Å². The fourth-order valence-corrected chi connectivity index (χ4v) is 11.3. The van der Waals surface area contributed by atoms with Gasteiger partial charge in [-0.15, -0.1) is 0 Å². The summed E-state index contributed by atoms with van der Waals surface area (Å²) in [5, 5.41) is 9.86. The molecule has 4 fully saturated rings. The van der Waals surface area contributed by atoms with E-state index in [1.165, 1.54) is 0 Å². The monoisotopic (exact) mass is 545 g/mol. The first-order chi connectivity index (χ1) is 17.3. The van der Waals surface area contributed by atoms with Crippen LogP contribution in [0.15, 0.2) is 11.6 Å². The second-order valence-corrected chi connectivity index (χ2v) is 16.9. The van der Waals surface area contributed by atoms with Crippen molar-refractivity contribution in [3.63, 3.8) is 0 Å². The number of carbonyl (C=O) groups excluding carboxylic acids is 2. The Labute approximate surface area is 226 Å². The molecule has 5 nitrogen and oxygen atoms in total. The topological polar surface area (TPSA) is 87.4 Å². The normalized spacial score (nSPS) is 46.6. The molecular formula is C30H45NO4P2. The smallest absolute Gasteiger partial charge is 0.178 e. The van der Waals surface area contributed by atoms with Gasteiger partial charge in [-0.2, -0.15) is 5.26 Å². The zero-order valence-corrected chi connectivity index (χ0v) is 25.4. The maximum atomic E-state index is 14.3. The molecule has 0 bridgehead atoms. The zero-order chi connectivity index (χ0) is 27.0. The van der Waals surface area contributed by atoms with Crippen molar-refractivity contribution in [3.05, 3.63) is 11.6 Å². The highest BCUT2D eigenvalue weighted by Gasteiger charge is 2.68. The van der Waals surface area contributed by atoms with Crippen LogP contribution in [0.2, 0.25) is 0 Å². The van der Waals surface area contributed by atoms with E-state index < -0.39 is 5.41 Å². The third-order valence-corrected chi connectivity index (χ3v) is 13.4. The number of fused-ring (bicyclic) bond motifs is 7. The Kier molecular flexibility index (Phi) is 6.93. The predicted molar refractivity (Wildman–Crippen MR) is 149 cm³/mol. The van der Waals surface area contributed by atoms with Crippen molar-refractivity contribution >= 4 is 28.6 Å². The van der Waals surface area contributed by atoms with Crippen molar-refractivity contribution in [1.29, 1.82) is 5.26 Å². The highest BCUT2D eigenvalue weighted by Crippen LogP contribution is 2.72. The third kappa shape index (κ3) is 4.06. The van der Waals surface area contributed by atoms with Gasteiger partial charge in [-0.1, -0.05) is 47.6 Å². The number of allylic oxidation sites excluding steroid dienone is 2. The fourth-order valence-electron chi connectivity index (χ4n) is 10.5. The van der Waals surface area contributed by atoms with Crippen molar-refractivity contribution in [2.24, 2.45) is 56.7 Å². The van der Waals surface area contributed by atoms with Crippen molar-refractivity contribution < 1.29 is 19.0 Å². The second-order valence-electron chi connectivity index (χ2n) is 14.9. The van der Waals surface area contributed by atoms with Gasteiger partial charge in [0.1, 0.15) is 11.9 Å². The molecule has 5 rings (SSSR count). The van der Waals surface area contributed by atoms with Crippen LogP contribution < -0.4 is 0 Å². The predicted octanol–water partition coefficient (Wildman–Crippen LogP) is 7.01. The molecule has 0 saturated heterocycles. The largest absolute Gasteiger partial charge is 0.370 e. The molecular weight excluding hydrogens is 500 g/mol. The zero-order valence-electron chi connectivity index (χ0n) is 23.4. The average Bonchev–Trinajstić information content (AvgIpc) is 2.83. The summed E-state index contributed by atoms with van der Waals surface area (Å²) in [6, 6.07) is 2.21. The molecule has 0 aromatic heterocycles. The van der Waals surface area contributed by atoms with Crippen LogP contribution >= 0.6 is 17.0 Å². The molecule has 0 aliphatic heterocycles. The molecule has 0 aromatic carbocycles. The van der Waals surface area contributed by atoms with Crippen LogP contribution in [-0.2, 0) is 14.1 Å². The quantitative estimate of drug-likeness (QED) is 0.303. The molecule has 10 unspecified atom stereocenters. The van der Waals surface area contributed by atoms with Crippen LogP contribution in [0.25, 0.3) is 0 Å². The van der Waals surface area contributed by atoms with Gasteiger partial charge in [-0.05, 0) is 90.3 Å². The van der Waals surface area contributed by atoms with Gasteiger partial charge in [-0.3, -0.25) is 9.59 Å².